The van der Waals surface area contributed by atoms with E-state index in [1.807, 2.05) is 0 Å². The molecule has 3 nitrogen and oxygen atoms in total. The fourth-order valence-electron chi connectivity index (χ4n) is 3.34. The molecule has 3 aliphatic carbocycles. The number of halogens is 6. The Balaban J connectivity index is 1.59. The van der Waals surface area contributed by atoms with Gasteiger partial charge in [-0.15, -0.1) is 13.2 Å². The van der Waals surface area contributed by atoms with Gasteiger partial charge < -0.3 is 10.1 Å². The minimum absolute atomic E-state index is 0.0605. The third-order valence-corrected chi connectivity index (χ3v) is 4.36. The molecule has 0 saturated heterocycles. The first-order chi connectivity index (χ1) is 10.4. The Bertz CT molecular complexity index is 614. The van der Waals surface area contributed by atoms with E-state index in [2.05, 4.69) is 10.1 Å². The average Bonchev–Trinajstić information content (AvgIpc) is 2.28. The summed E-state index contributed by atoms with van der Waals surface area (Å²) in [5.41, 5.74) is -2.45. The molecule has 0 radical (unpaired) electrons. The van der Waals surface area contributed by atoms with Crippen molar-refractivity contribution < 1.29 is 35.9 Å². The first-order valence-corrected chi connectivity index (χ1v) is 6.69. The van der Waals surface area contributed by atoms with E-state index < -0.39 is 35.1 Å². The quantitative estimate of drug-likeness (QED) is 0.851. The Kier molecular flexibility index (Phi) is 3.15. The molecule has 3 fully saturated rings. The highest BCUT2D eigenvalue weighted by Gasteiger charge is 2.78. The smallest absolute Gasteiger partial charge is 0.406 e. The minimum Gasteiger partial charge on any atom is -0.406 e. The number of nitrogens with one attached hydrogen (secondary N) is 1. The van der Waals surface area contributed by atoms with Crippen LogP contribution < -0.4 is 10.1 Å². The lowest BCUT2D eigenvalue weighted by Crippen LogP contribution is -2.78. The van der Waals surface area contributed by atoms with Crippen LogP contribution in [0.3, 0.4) is 0 Å². The molecule has 0 spiro atoms. The van der Waals surface area contributed by atoms with Crippen molar-refractivity contribution in [1.29, 1.82) is 0 Å². The van der Waals surface area contributed by atoms with Crippen molar-refractivity contribution in [1.82, 2.24) is 5.32 Å². The lowest BCUT2D eigenvalue weighted by Gasteiger charge is -2.70. The summed E-state index contributed by atoms with van der Waals surface area (Å²) >= 11 is 0. The second-order valence-electron chi connectivity index (χ2n) is 6.12. The van der Waals surface area contributed by atoms with Crippen LogP contribution in [0.2, 0.25) is 0 Å². The number of carbonyl (C=O) groups is 1. The molecule has 23 heavy (non-hydrogen) atoms. The van der Waals surface area contributed by atoms with Gasteiger partial charge in [0.1, 0.15) is 5.75 Å². The van der Waals surface area contributed by atoms with Gasteiger partial charge in [-0.1, -0.05) is 0 Å². The van der Waals surface area contributed by atoms with Gasteiger partial charge in [0, 0.05) is 11.1 Å². The molecule has 0 unspecified atom stereocenters. The zero-order chi connectivity index (χ0) is 17.1. The molecule has 126 valence electrons. The van der Waals surface area contributed by atoms with Crippen molar-refractivity contribution in [3.05, 3.63) is 29.8 Å². The molecular weight excluding hydrogens is 328 g/mol. The minimum atomic E-state index is -4.83. The maximum Gasteiger partial charge on any atom is 0.573 e. The summed E-state index contributed by atoms with van der Waals surface area (Å²) in [7, 11) is 0. The molecule has 1 N–H and O–H groups in total. The summed E-state index contributed by atoms with van der Waals surface area (Å²) in [4.78, 5) is 12.0. The summed E-state index contributed by atoms with van der Waals surface area (Å²) in [6, 6.07) is 4.20. The lowest BCUT2D eigenvalue weighted by molar-refractivity contribution is -0.336. The van der Waals surface area contributed by atoms with Crippen LogP contribution in [0.4, 0.5) is 26.3 Å². The predicted molar refractivity (Wildman–Crippen MR) is 65.7 cm³/mol. The summed E-state index contributed by atoms with van der Waals surface area (Å²) in [6.07, 6.45) is -9.54. The summed E-state index contributed by atoms with van der Waals surface area (Å²) in [6.45, 7) is 0. The van der Waals surface area contributed by atoms with Crippen LogP contribution in [0.15, 0.2) is 24.3 Å². The Hall–Kier alpha value is -1.93. The number of hydrogen-bond acceptors (Lipinski definition) is 2. The van der Waals surface area contributed by atoms with Crippen molar-refractivity contribution in [3.8, 4) is 5.75 Å². The van der Waals surface area contributed by atoms with Crippen molar-refractivity contribution in [2.24, 2.45) is 5.41 Å². The van der Waals surface area contributed by atoms with Crippen LogP contribution in [0.1, 0.15) is 29.6 Å². The molecule has 1 aromatic carbocycles. The van der Waals surface area contributed by atoms with Gasteiger partial charge in [-0.3, -0.25) is 4.79 Å². The Labute approximate surface area is 126 Å². The van der Waals surface area contributed by atoms with E-state index in [9.17, 15) is 31.1 Å². The van der Waals surface area contributed by atoms with Gasteiger partial charge >= 0.3 is 12.5 Å². The maximum atomic E-state index is 12.7. The molecule has 9 heteroatoms. The molecule has 2 bridgehead atoms. The molecule has 1 amide bonds. The highest BCUT2D eigenvalue weighted by Crippen LogP contribution is 2.73. The standard InChI is InChI=1S/C14H11F6NO2/c15-13(16,17)11-5-12(6-11,7-11)21-10(22)8-1-3-9(4-2-8)23-14(18,19)20/h1-4H,5-7H2,(H,21,22). The Morgan fingerprint density at radius 1 is 1.00 bits per heavy atom. The Morgan fingerprint density at radius 2 is 1.52 bits per heavy atom. The largest absolute Gasteiger partial charge is 0.573 e. The van der Waals surface area contributed by atoms with Gasteiger partial charge in [0.15, 0.2) is 0 Å². The van der Waals surface area contributed by atoms with Gasteiger partial charge in [0.2, 0.25) is 0 Å². The SMILES string of the molecule is O=C(NC12CC(C(F)(F)F)(C1)C2)c1ccc(OC(F)(F)F)cc1. The fourth-order valence-corrected chi connectivity index (χ4v) is 3.34. The highest BCUT2D eigenvalue weighted by atomic mass is 19.4. The Morgan fingerprint density at radius 3 is 1.96 bits per heavy atom. The second kappa shape index (κ2) is 4.55. The monoisotopic (exact) mass is 339 g/mol. The van der Waals surface area contributed by atoms with Crippen LogP contribution in [0, 0.1) is 5.41 Å². The van der Waals surface area contributed by atoms with E-state index in [0.29, 0.717) is 0 Å². The number of alkyl halides is 6. The molecule has 3 saturated carbocycles. The fraction of sp³-hybridized carbons (Fsp3) is 0.500. The predicted octanol–water partition coefficient (Wildman–Crippen LogP) is 3.80. The van der Waals surface area contributed by atoms with Crippen LogP contribution in [0.25, 0.3) is 0 Å². The topological polar surface area (TPSA) is 38.3 Å². The summed E-state index contributed by atoms with van der Waals surface area (Å²) < 4.78 is 77.9. The molecule has 0 atom stereocenters. The molecular formula is C14H11F6NO2. The van der Waals surface area contributed by atoms with Gasteiger partial charge in [-0.05, 0) is 43.5 Å². The van der Waals surface area contributed by atoms with E-state index >= 15 is 0 Å². The summed E-state index contributed by atoms with van der Waals surface area (Å²) in [5.74, 6) is -1.09. The van der Waals surface area contributed by atoms with Crippen molar-refractivity contribution in [2.45, 2.75) is 37.3 Å². The van der Waals surface area contributed by atoms with Gasteiger partial charge in [-0.25, -0.2) is 0 Å². The van der Waals surface area contributed by atoms with Crippen LogP contribution >= 0.6 is 0 Å². The van der Waals surface area contributed by atoms with E-state index in [-0.39, 0.29) is 24.8 Å². The van der Waals surface area contributed by atoms with E-state index in [0.717, 1.165) is 24.3 Å². The molecule has 0 aliphatic heterocycles. The van der Waals surface area contributed by atoms with Gasteiger partial charge in [0.05, 0.1) is 5.41 Å². The van der Waals surface area contributed by atoms with Gasteiger partial charge in [-0.2, -0.15) is 13.2 Å². The molecule has 3 aliphatic rings. The van der Waals surface area contributed by atoms with Crippen LogP contribution in [0.5, 0.6) is 5.75 Å². The second-order valence-corrected chi connectivity index (χ2v) is 6.12. The number of hydrogen-bond donors (Lipinski definition) is 1. The van der Waals surface area contributed by atoms with E-state index in [1.165, 1.54) is 0 Å². The normalized spacial score (nSPS) is 29.3. The molecule has 4 rings (SSSR count). The van der Waals surface area contributed by atoms with E-state index in [4.69, 9.17) is 0 Å². The van der Waals surface area contributed by atoms with Crippen molar-refractivity contribution in [2.75, 3.05) is 0 Å². The zero-order valence-electron chi connectivity index (χ0n) is 11.5. The van der Waals surface area contributed by atoms with Gasteiger partial charge in [0.25, 0.3) is 5.91 Å². The van der Waals surface area contributed by atoms with Crippen molar-refractivity contribution >= 4 is 5.91 Å². The molecule has 0 aromatic heterocycles. The first kappa shape index (κ1) is 15.9. The number of ether oxygens (including phenoxy) is 1. The van der Waals surface area contributed by atoms with Crippen LogP contribution in [-0.2, 0) is 0 Å². The maximum absolute atomic E-state index is 12.7. The number of rotatable bonds is 3. The van der Waals surface area contributed by atoms with Crippen LogP contribution in [-0.4, -0.2) is 24.0 Å². The lowest BCUT2D eigenvalue weighted by atomic mass is 9.39. The highest BCUT2D eigenvalue weighted by molar-refractivity contribution is 5.95. The zero-order valence-corrected chi connectivity index (χ0v) is 11.5. The third kappa shape index (κ3) is 2.72. The van der Waals surface area contributed by atoms with E-state index in [1.54, 1.807) is 0 Å². The first-order valence-electron chi connectivity index (χ1n) is 6.69. The number of carbonyl (C=O) groups excluding carboxylic acids is 1. The van der Waals surface area contributed by atoms with Crippen molar-refractivity contribution in [3.63, 3.8) is 0 Å². The number of amides is 1. The number of benzene rings is 1. The third-order valence-electron chi connectivity index (χ3n) is 4.36. The summed E-state index contributed by atoms with van der Waals surface area (Å²) in [5, 5.41) is 2.54. The molecule has 0 heterocycles. The molecule has 1 aromatic rings. The average molecular weight is 339 g/mol.